The van der Waals surface area contributed by atoms with Crippen LogP contribution in [0.2, 0.25) is 0 Å². The van der Waals surface area contributed by atoms with Crippen molar-refractivity contribution in [1.82, 2.24) is 14.5 Å². The van der Waals surface area contributed by atoms with Crippen molar-refractivity contribution in [2.45, 2.75) is 38.8 Å². The molecule has 0 bridgehead atoms. The molecule has 0 N–H and O–H groups in total. The predicted octanol–water partition coefficient (Wildman–Crippen LogP) is 5.42. The number of aromatic nitrogens is 3. The SMILES string of the molecule is C=CC1=C(I)C(C#N)(c2ccc(Cn3c(CCC)nc4c(C)ccnc43)cc2)N=C1. The van der Waals surface area contributed by atoms with E-state index in [1.165, 1.54) is 0 Å². The molecule has 0 saturated carbocycles. The fourth-order valence-corrected chi connectivity index (χ4v) is 4.70. The molecule has 4 rings (SSSR count). The Balaban J connectivity index is 1.70. The van der Waals surface area contributed by atoms with Gasteiger partial charge >= 0.3 is 0 Å². The van der Waals surface area contributed by atoms with Crippen molar-refractivity contribution in [3.8, 4) is 6.07 Å². The van der Waals surface area contributed by atoms with E-state index in [0.717, 1.165) is 55.7 Å². The third-order valence-electron chi connectivity index (χ3n) is 5.45. The zero-order valence-corrected chi connectivity index (χ0v) is 19.2. The topological polar surface area (TPSA) is 66.9 Å². The molecule has 5 nitrogen and oxygen atoms in total. The zero-order valence-electron chi connectivity index (χ0n) is 17.1. The van der Waals surface area contributed by atoms with Crippen molar-refractivity contribution in [3.05, 3.63) is 80.9 Å². The molecule has 0 spiro atoms. The lowest BCUT2D eigenvalue weighted by Gasteiger charge is -2.20. The highest BCUT2D eigenvalue weighted by Crippen LogP contribution is 2.42. The van der Waals surface area contributed by atoms with Crippen LogP contribution in [0.5, 0.6) is 0 Å². The first kappa shape index (κ1) is 20.5. The van der Waals surface area contributed by atoms with Gasteiger partial charge in [0.15, 0.2) is 5.65 Å². The second-order valence-electron chi connectivity index (χ2n) is 7.42. The van der Waals surface area contributed by atoms with E-state index >= 15 is 0 Å². The lowest BCUT2D eigenvalue weighted by atomic mass is 9.91. The third-order valence-corrected chi connectivity index (χ3v) is 6.85. The summed E-state index contributed by atoms with van der Waals surface area (Å²) in [7, 11) is 0. The van der Waals surface area contributed by atoms with Gasteiger partial charge in [-0.2, -0.15) is 5.26 Å². The molecule has 3 aromatic rings. The van der Waals surface area contributed by atoms with E-state index in [-0.39, 0.29) is 0 Å². The van der Waals surface area contributed by atoms with Gasteiger partial charge in [0, 0.05) is 28.0 Å². The maximum atomic E-state index is 9.91. The summed E-state index contributed by atoms with van der Waals surface area (Å²) in [5.74, 6) is 1.06. The van der Waals surface area contributed by atoms with E-state index in [9.17, 15) is 5.26 Å². The molecule has 1 atom stereocenters. The van der Waals surface area contributed by atoms with E-state index in [1.54, 1.807) is 12.3 Å². The molecule has 0 radical (unpaired) electrons. The van der Waals surface area contributed by atoms with Crippen LogP contribution >= 0.6 is 22.6 Å². The standard InChI is InChI=1S/C24H22IN5/c1-4-6-20-29-21-16(3)11-12-27-23(21)30(20)14-17-7-9-19(10-8-17)24(15-26)22(25)18(5-2)13-28-24/h5,7-13H,2,4,6,14H2,1,3H3. The summed E-state index contributed by atoms with van der Waals surface area (Å²) in [5, 5.41) is 9.91. The number of allylic oxidation sites excluding steroid dienone is 2. The molecule has 30 heavy (non-hydrogen) atoms. The minimum Gasteiger partial charge on any atom is -0.308 e. The average Bonchev–Trinajstić information content (AvgIpc) is 3.28. The number of hydrogen-bond donors (Lipinski definition) is 0. The number of imidazole rings is 1. The third kappa shape index (κ3) is 3.27. The van der Waals surface area contributed by atoms with Crippen LogP contribution in [0, 0.1) is 18.3 Å². The van der Waals surface area contributed by atoms with Crippen LogP contribution in [0.15, 0.2) is 63.3 Å². The molecule has 0 aliphatic carbocycles. The van der Waals surface area contributed by atoms with Crippen molar-refractivity contribution >= 4 is 40.0 Å². The minimum absolute atomic E-state index is 0.691. The van der Waals surface area contributed by atoms with E-state index in [0.29, 0.717) is 6.54 Å². The number of aryl methyl sites for hydroxylation is 2. The molecule has 2 aromatic heterocycles. The smallest absolute Gasteiger partial charge is 0.202 e. The summed E-state index contributed by atoms with van der Waals surface area (Å²) in [5.41, 5.74) is 4.96. The zero-order chi connectivity index (χ0) is 21.3. The van der Waals surface area contributed by atoms with Crippen LogP contribution in [0.4, 0.5) is 0 Å². The van der Waals surface area contributed by atoms with E-state index in [4.69, 9.17) is 4.98 Å². The number of aliphatic imine (C=N–C) groups is 1. The highest BCUT2D eigenvalue weighted by Gasteiger charge is 2.39. The van der Waals surface area contributed by atoms with Gasteiger partial charge in [0.1, 0.15) is 17.4 Å². The number of pyridine rings is 1. The minimum atomic E-state index is -0.976. The summed E-state index contributed by atoms with van der Waals surface area (Å²) in [4.78, 5) is 14.0. The Morgan fingerprint density at radius 2 is 2.03 bits per heavy atom. The summed E-state index contributed by atoms with van der Waals surface area (Å²) in [6, 6.07) is 12.5. The average molecular weight is 507 g/mol. The quantitative estimate of drug-likeness (QED) is 0.419. The van der Waals surface area contributed by atoms with Crippen LogP contribution in [0.1, 0.15) is 35.9 Å². The molecule has 3 heterocycles. The van der Waals surface area contributed by atoms with Crippen LogP contribution in [0.3, 0.4) is 0 Å². The Labute approximate surface area is 190 Å². The van der Waals surface area contributed by atoms with Crippen LogP contribution in [0.25, 0.3) is 11.2 Å². The first-order valence-corrected chi connectivity index (χ1v) is 11.0. The highest BCUT2D eigenvalue weighted by molar-refractivity contribution is 14.1. The summed E-state index contributed by atoms with van der Waals surface area (Å²) >= 11 is 2.21. The lowest BCUT2D eigenvalue weighted by molar-refractivity contribution is 0.713. The van der Waals surface area contributed by atoms with Gasteiger partial charge in [0.05, 0.1) is 6.54 Å². The molecule has 1 aliphatic heterocycles. The van der Waals surface area contributed by atoms with Gasteiger partial charge in [0.25, 0.3) is 0 Å². The number of hydrogen-bond acceptors (Lipinski definition) is 4. The number of rotatable bonds is 6. The molecule has 1 unspecified atom stereocenters. The van der Waals surface area contributed by atoms with E-state index in [1.807, 2.05) is 24.4 Å². The predicted molar refractivity (Wildman–Crippen MR) is 129 cm³/mol. The Morgan fingerprint density at radius 1 is 1.27 bits per heavy atom. The molecule has 0 amide bonds. The molecule has 1 aromatic carbocycles. The Hall–Kier alpha value is -2.79. The lowest BCUT2D eigenvalue weighted by Crippen LogP contribution is -2.19. The van der Waals surface area contributed by atoms with Gasteiger partial charge in [-0.05, 0) is 58.7 Å². The molecular weight excluding hydrogens is 485 g/mol. The van der Waals surface area contributed by atoms with Crippen molar-refractivity contribution < 1.29 is 0 Å². The van der Waals surface area contributed by atoms with Crippen molar-refractivity contribution in [1.29, 1.82) is 5.26 Å². The fraction of sp³-hybridized carbons (Fsp3) is 0.250. The Kier molecular flexibility index (Phi) is 5.56. The van der Waals surface area contributed by atoms with E-state index in [2.05, 4.69) is 75.8 Å². The Bertz CT molecular complexity index is 1230. The molecule has 0 saturated heterocycles. The van der Waals surface area contributed by atoms with Gasteiger partial charge in [-0.15, -0.1) is 0 Å². The molecule has 6 heteroatoms. The normalized spacial score (nSPS) is 18.2. The van der Waals surface area contributed by atoms with Gasteiger partial charge in [-0.1, -0.05) is 43.8 Å². The van der Waals surface area contributed by atoms with Gasteiger partial charge in [-0.3, -0.25) is 4.99 Å². The number of fused-ring (bicyclic) bond motifs is 1. The number of halogens is 1. The first-order valence-electron chi connectivity index (χ1n) is 9.93. The summed E-state index contributed by atoms with van der Waals surface area (Å²) in [6.45, 7) is 8.74. The van der Waals surface area contributed by atoms with Gasteiger partial charge < -0.3 is 4.57 Å². The molecule has 150 valence electrons. The van der Waals surface area contributed by atoms with Crippen LogP contribution in [-0.2, 0) is 18.5 Å². The molecular formula is C24H22IN5. The summed E-state index contributed by atoms with van der Waals surface area (Å²) < 4.78 is 3.09. The van der Waals surface area contributed by atoms with Crippen LogP contribution < -0.4 is 0 Å². The van der Waals surface area contributed by atoms with Gasteiger partial charge in [-0.25, -0.2) is 9.97 Å². The molecule has 1 aliphatic rings. The number of benzene rings is 1. The second kappa shape index (κ2) is 8.15. The van der Waals surface area contributed by atoms with Gasteiger partial charge in [0.2, 0.25) is 5.54 Å². The second-order valence-corrected chi connectivity index (χ2v) is 8.49. The fourth-order valence-electron chi connectivity index (χ4n) is 3.77. The van der Waals surface area contributed by atoms with Crippen molar-refractivity contribution in [2.24, 2.45) is 4.99 Å². The van der Waals surface area contributed by atoms with Crippen molar-refractivity contribution in [2.75, 3.05) is 0 Å². The maximum Gasteiger partial charge on any atom is 0.202 e. The number of nitrogens with zero attached hydrogens (tertiary/aromatic N) is 5. The number of nitriles is 1. The maximum absolute atomic E-state index is 9.91. The summed E-state index contributed by atoms with van der Waals surface area (Å²) in [6.07, 6.45) is 7.25. The van der Waals surface area contributed by atoms with Crippen LogP contribution in [-0.4, -0.2) is 20.7 Å². The Morgan fingerprint density at radius 3 is 2.67 bits per heavy atom. The monoisotopic (exact) mass is 507 g/mol. The highest BCUT2D eigenvalue weighted by atomic mass is 127. The van der Waals surface area contributed by atoms with E-state index < -0.39 is 5.54 Å². The first-order chi connectivity index (χ1) is 14.5. The largest absolute Gasteiger partial charge is 0.308 e. The molecule has 0 fully saturated rings. The van der Waals surface area contributed by atoms with Crippen molar-refractivity contribution in [3.63, 3.8) is 0 Å².